The van der Waals surface area contributed by atoms with Crippen LogP contribution in [0.4, 0.5) is 0 Å². The van der Waals surface area contributed by atoms with Crippen molar-refractivity contribution in [3.63, 3.8) is 0 Å². The molecule has 0 unspecified atom stereocenters. The summed E-state index contributed by atoms with van der Waals surface area (Å²) in [6, 6.07) is 23.7. The third-order valence-corrected chi connectivity index (χ3v) is 4.68. The minimum Gasteiger partial charge on any atom is -0.497 e. The topological polar surface area (TPSA) is 85.3 Å². The second kappa shape index (κ2) is 11.4. The Balaban J connectivity index is 1.61. The number of hydrogen-bond acceptors (Lipinski definition) is 5. The first-order chi connectivity index (χ1) is 15.5. The summed E-state index contributed by atoms with van der Waals surface area (Å²) in [5.41, 5.74) is 0.969. The van der Waals surface area contributed by atoms with Crippen LogP contribution < -0.4 is 14.2 Å². The standard InChI is InChI=1S/C25H25NO6/c1-30-20-13-11-19(12-14-20)15-16-26(17-25(28)29)24(27)18-31-22-9-5-6-10-23(22)32-21-7-3-2-4-8-21/h2-14H,15-18H2,1H3,(H,28,29). The number of ether oxygens (including phenoxy) is 3. The van der Waals surface area contributed by atoms with Gasteiger partial charge in [0.15, 0.2) is 18.1 Å². The molecule has 0 saturated heterocycles. The van der Waals surface area contributed by atoms with Gasteiger partial charge in [0.25, 0.3) is 5.91 Å². The second-order valence-corrected chi connectivity index (χ2v) is 6.96. The number of hydrogen-bond donors (Lipinski definition) is 1. The number of para-hydroxylation sites is 3. The van der Waals surface area contributed by atoms with Crippen LogP contribution in [0.2, 0.25) is 0 Å². The molecule has 0 bridgehead atoms. The van der Waals surface area contributed by atoms with Gasteiger partial charge < -0.3 is 24.2 Å². The lowest BCUT2D eigenvalue weighted by atomic mass is 10.1. The van der Waals surface area contributed by atoms with E-state index in [1.165, 1.54) is 4.90 Å². The van der Waals surface area contributed by atoms with Crippen LogP contribution in [0.3, 0.4) is 0 Å². The number of amides is 1. The van der Waals surface area contributed by atoms with Crippen LogP contribution in [-0.2, 0) is 16.0 Å². The Labute approximate surface area is 186 Å². The van der Waals surface area contributed by atoms with Gasteiger partial charge in [-0.15, -0.1) is 0 Å². The molecule has 0 aromatic heterocycles. The molecule has 7 nitrogen and oxygen atoms in total. The quantitative estimate of drug-likeness (QED) is 0.490. The summed E-state index contributed by atoms with van der Waals surface area (Å²) in [7, 11) is 1.59. The van der Waals surface area contributed by atoms with Crippen molar-refractivity contribution in [3.8, 4) is 23.0 Å². The first-order valence-corrected chi connectivity index (χ1v) is 10.1. The minimum atomic E-state index is -1.08. The third kappa shape index (κ3) is 6.77. The van der Waals surface area contributed by atoms with E-state index in [0.29, 0.717) is 23.7 Å². The molecule has 0 aliphatic rings. The van der Waals surface area contributed by atoms with Gasteiger partial charge in [-0.2, -0.15) is 0 Å². The van der Waals surface area contributed by atoms with E-state index in [1.807, 2.05) is 54.6 Å². The number of carboxylic acids is 1. The lowest BCUT2D eigenvalue weighted by Crippen LogP contribution is -2.40. The Morgan fingerprint density at radius 3 is 2.16 bits per heavy atom. The van der Waals surface area contributed by atoms with Gasteiger partial charge in [-0.1, -0.05) is 42.5 Å². The highest BCUT2D eigenvalue weighted by Crippen LogP contribution is 2.31. The maximum absolute atomic E-state index is 12.7. The Morgan fingerprint density at radius 2 is 1.50 bits per heavy atom. The average Bonchev–Trinajstić information content (AvgIpc) is 2.81. The van der Waals surface area contributed by atoms with Crippen LogP contribution in [0.1, 0.15) is 5.56 Å². The number of nitrogens with zero attached hydrogens (tertiary/aromatic N) is 1. The zero-order chi connectivity index (χ0) is 22.8. The number of carboxylic acid groups (broad SMARTS) is 1. The summed E-state index contributed by atoms with van der Waals surface area (Å²) in [5.74, 6) is 0.736. The monoisotopic (exact) mass is 435 g/mol. The molecule has 3 aromatic carbocycles. The van der Waals surface area contributed by atoms with Crippen LogP contribution in [0.25, 0.3) is 0 Å². The Hall–Kier alpha value is -4.00. The molecule has 1 N–H and O–H groups in total. The lowest BCUT2D eigenvalue weighted by Gasteiger charge is -2.21. The molecule has 3 rings (SSSR count). The molecular weight excluding hydrogens is 410 g/mol. The van der Waals surface area contributed by atoms with Crippen molar-refractivity contribution < 1.29 is 28.9 Å². The molecule has 0 aliphatic carbocycles. The molecule has 0 heterocycles. The van der Waals surface area contributed by atoms with E-state index in [1.54, 1.807) is 31.4 Å². The predicted octanol–water partition coefficient (Wildman–Crippen LogP) is 4.02. The van der Waals surface area contributed by atoms with Gasteiger partial charge in [-0.25, -0.2) is 0 Å². The second-order valence-electron chi connectivity index (χ2n) is 6.96. The van der Waals surface area contributed by atoms with E-state index in [4.69, 9.17) is 14.2 Å². The summed E-state index contributed by atoms with van der Waals surface area (Å²) >= 11 is 0. The van der Waals surface area contributed by atoms with E-state index in [0.717, 1.165) is 11.3 Å². The lowest BCUT2D eigenvalue weighted by molar-refractivity contribution is -0.145. The van der Waals surface area contributed by atoms with E-state index in [-0.39, 0.29) is 13.2 Å². The highest BCUT2D eigenvalue weighted by Gasteiger charge is 2.18. The molecule has 1 amide bonds. The normalized spacial score (nSPS) is 10.3. The smallest absolute Gasteiger partial charge is 0.323 e. The van der Waals surface area contributed by atoms with E-state index in [9.17, 15) is 14.7 Å². The summed E-state index contributed by atoms with van der Waals surface area (Å²) < 4.78 is 16.7. The molecule has 7 heteroatoms. The largest absolute Gasteiger partial charge is 0.497 e. The number of aliphatic carboxylic acids is 1. The zero-order valence-electron chi connectivity index (χ0n) is 17.8. The van der Waals surface area contributed by atoms with E-state index in [2.05, 4.69) is 0 Å². The summed E-state index contributed by atoms with van der Waals surface area (Å²) in [4.78, 5) is 25.3. The van der Waals surface area contributed by atoms with Gasteiger partial charge in [-0.05, 0) is 48.4 Å². The predicted molar refractivity (Wildman–Crippen MR) is 119 cm³/mol. The molecule has 0 spiro atoms. The van der Waals surface area contributed by atoms with Gasteiger partial charge in [0.1, 0.15) is 18.0 Å². The maximum Gasteiger partial charge on any atom is 0.323 e. The van der Waals surface area contributed by atoms with E-state index >= 15 is 0 Å². The molecule has 32 heavy (non-hydrogen) atoms. The molecule has 0 radical (unpaired) electrons. The fourth-order valence-electron chi connectivity index (χ4n) is 3.01. The fourth-order valence-corrected chi connectivity index (χ4v) is 3.01. The third-order valence-electron chi connectivity index (χ3n) is 4.68. The Kier molecular flexibility index (Phi) is 8.09. The van der Waals surface area contributed by atoms with Crippen LogP contribution in [0.15, 0.2) is 78.9 Å². The average molecular weight is 435 g/mol. The Morgan fingerprint density at radius 1 is 0.844 bits per heavy atom. The van der Waals surface area contributed by atoms with Crippen molar-refractivity contribution >= 4 is 11.9 Å². The fraction of sp³-hybridized carbons (Fsp3) is 0.200. The van der Waals surface area contributed by atoms with Crippen molar-refractivity contribution in [1.82, 2.24) is 4.90 Å². The van der Waals surface area contributed by atoms with Gasteiger partial charge in [-0.3, -0.25) is 9.59 Å². The van der Waals surface area contributed by atoms with Crippen molar-refractivity contribution in [1.29, 1.82) is 0 Å². The molecule has 3 aromatic rings. The van der Waals surface area contributed by atoms with Crippen molar-refractivity contribution in [3.05, 3.63) is 84.4 Å². The highest BCUT2D eigenvalue weighted by molar-refractivity contribution is 5.82. The van der Waals surface area contributed by atoms with Gasteiger partial charge >= 0.3 is 5.97 Å². The summed E-state index contributed by atoms with van der Waals surface area (Å²) in [6.07, 6.45) is 0.511. The maximum atomic E-state index is 12.7. The Bertz CT molecular complexity index is 1020. The van der Waals surface area contributed by atoms with Crippen molar-refractivity contribution in [2.45, 2.75) is 6.42 Å². The number of carbonyl (C=O) groups is 2. The van der Waals surface area contributed by atoms with Gasteiger partial charge in [0.05, 0.1) is 7.11 Å². The van der Waals surface area contributed by atoms with Gasteiger partial charge in [0.2, 0.25) is 0 Å². The molecule has 0 aliphatic heterocycles. The van der Waals surface area contributed by atoms with Crippen LogP contribution in [0.5, 0.6) is 23.0 Å². The number of methoxy groups -OCH3 is 1. The number of rotatable bonds is 11. The summed E-state index contributed by atoms with van der Waals surface area (Å²) in [5, 5.41) is 9.22. The number of carbonyl (C=O) groups excluding carboxylic acids is 1. The summed E-state index contributed by atoms with van der Waals surface area (Å²) in [6.45, 7) is -0.450. The molecule has 166 valence electrons. The van der Waals surface area contributed by atoms with Gasteiger partial charge in [0, 0.05) is 6.54 Å². The molecule has 0 atom stereocenters. The first kappa shape index (κ1) is 22.7. The molecule has 0 fully saturated rings. The van der Waals surface area contributed by atoms with Crippen LogP contribution >= 0.6 is 0 Å². The zero-order valence-corrected chi connectivity index (χ0v) is 17.8. The number of benzene rings is 3. The van der Waals surface area contributed by atoms with Crippen LogP contribution in [-0.4, -0.2) is 48.7 Å². The van der Waals surface area contributed by atoms with E-state index < -0.39 is 18.4 Å². The first-order valence-electron chi connectivity index (χ1n) is 10.1. The SMILES string of the molecule is COc1ccc(CCN(CC(=O)O)C(=O)COc2ccccc2Oc2ccccc2)cc1. The molecule has 0 saturated carbocycles. The molecular formula is C25H25NO6. The highest BCUT2D eigenvalue weighted by atomic mass is 16.5. The van der Waals surface area contributed by atoms with Crippen LogP contribution in [0, 0.1) is 0 Å². The van der Waals surface area contributed by atoms with Crippen molar-refractivity contribution in [2.24, 2.45) is 0 Å². The van der Waals surface area contributed by atoms with Crippen molar-refractivity contribution in [2.75, 3.05) is 26.8 Å². The minimum absolute atomic E-state index is 0.253.